The molecule has 5 rings (SSSR count). The number of nitrogens with zero attached hydrogens (tertiary/aromatic N) is 1. The molecule has 2 amide bonds. The molecule has 3 aromatic carbocycles. The van der Waals surface area contributed by atoms with Crippen molar-refractivity contribution in [2.75, 3.05) is 43.3 Å². The first-order valence-electron chi connectivity index (χ1n) is 11.9. The summed E-state index contributed by atoms with van der Waals surface area (Å²) >= 11 is 1.50. The van der Waals surface area contributed by atoms with Gasteiger partial charge < -0.3 is 24.8 Å². The van der Waals surface area contributed by atoms with Crippen LogP contribution < -0.4 is 25.0 Å². The number of hydrogen-bond acceptors (Lipinski definition) is 7. The molecule has 8 nitrogen and oxygen atoms in total. The third-order valence-corrected chi connectivity index (χ3v) is 7.54. The van der Waals surface area contributed by atoms with E-state index in [4.69, 9.17) is 14.2 Å². The Bertz CT molecular complexity index is 1300. The van der Waals surface area contributed by atoms with E-state index in [0.29, 0.717) is 18.8 Å². The van der Waals surface area contributed by atoms with Crippen LogP contribution in [0.1, 0.15) is 18.4 Å². The zero-order chi connectivity index (χ0) is 25.1. The van der Waals surface area contributed by atoms with Crippen molar-refractivity contribution in [3.05, 3.63) is 54.1 Å². The van der Waals surface area contributed by atoms with Crippen molar-refractivity contribution in [2.24, 2.45) is 0 Å². The highest BCUT2D eigenvalue weighted by Crippen LogP contribution is 2.36. The molecule has 0 saturated carbocycles. The lowest BCUT2D eigenvalue weighted by Crippen LogP contribution is -2.25. The Morgan fingerprint density at radius 2 is 1.97 bits per heavy atom. The second kappa shape index (κ2) is 10.7. The Morgan fingerprint density at radius 3 is 2.81 bits per heavy atom. The minimum atomic E-state index is -0.346. The van der Waals surface area contributed by atoms with E-state index in [1.165, 1.54) is 17.3 Å². The number of methoxy groups -OCH3 is 2. The van der Waals surface area contributed by atoms with Crippen LogP contribution >= 0.6 is 11.8 Å². The first-order valence-corrected chi connectivity index (χ1v) is 12.9. The summed E-state index contributed by atoms with van der Waals surface area (Å²) in [6, 6.07) is 15.7. The maximum Gasteiger partial charge on any atom is 0.414 e. The zero-order valence-corrected chi connectivity index (χ0v) is 21.2. The number of thioether (sulfide) groups is 1. The van der Waals surface area contributed by atoms with Crippen molar-refractivity contribution in [1.29, 1.82) is 0 Å². The normalized spacial score (nSPS) is 17.1. The second-order valence-corrected chi connectivity index (χ2v) is 9.81. The van der Waals surface area contributed by atoms with E-state index in [-0.39, 0.29) is 18.1 Å². The minimum Gasteiger partial charge on any atom is -0.497 e. The molecule has 1 atom stereocenters. The molecule has 2 aliphatic heterocycles. The van der Waals surface area contributed by atoms with E-state index in [0.717, 1.165) is 57.9 Å². The minimum absolute atomic E-state index is 0.0270. The van der Waals surface area contributed by atoms with Gasteiger partial charge in [0.05, 0.1) is 32.2 Å². The van der Waals surface area contributed by atoms with Gasteiger partial charge in [-0.2, -0.15) is 0 Å². The largest absolute Gasteiger partial charge is 0.497 e. The van der Waals surface area contributed by atoms with Crippen molar-refractivity contribution in [3.8, 4) is 11.5 Å². The first-order chi connectivity index (χ1) is 17.6. The molecular weight excluding hydrogens is 478 g/mol. The summed E-state index contributed by atoms with van der Waals surface area (Å²) in [4.78, 5) is 26.9. The second-order valence-electron chi connectivity index (χ2n) is 8.79. The highest BCUT2D eigenvalue weighted by atomic mass is 32.2. The fourth-order valence-corrected chi connectivity index (χ4v) is 5.41. The molecule has 2 aliphatic rings. The van der Waals surface area contributed by atoms with Gasteiger partial charge in [0, 0.05) is 22.5 Å². The van der Waals surface area contributed by atoms with Crippen LogP contribution in [0.4, 0.5) is 16.2 Å². The molecule has 1 saturated heterocycles. The zero-order valence-electron chi connectivity index (χ0n) is 20.3. The SMILES string of the molecule is COc1ccc2c(OC)ccc(CNCCC[C@H]3CN(c4ccc5c(c4)NC(=O)CS5)C(=O)O3)c2c1. The maximum atomic E-state index is 12.5. The van der Waals surface area contributed by atoms with Crippen molar-refractivity contribution in [3.63, 3.8) is 0 Å². The number of carbonyl (C=O) groups excluding carboxylic acids is 2. The molecule has 2 heterocycles. The molecule has 0 radical (unpaired) electrons. The third-order valence-electron chi connectivity index (χ3n) is 6.47. The van der Waals surface area contributed by atoms with Crippen molar-refractivity contribution in [2.45, 2.75) is 30.4 Å². The topological polar surface area (TPSA) is 89.1 Å². The fourth-order valence-electron chi connectivity index (χ4n) is 4.62. The van der Waals surface area contributed by atoms with Crippen LogP contribution in [0.25, 0.3) is 10.8 Å². The Balaban J connectivity index is 1.14. The lowest BCUT2D eigenvalue weighted by molar-refractivity contribution is -0.113. The predicted octanol–water partition coefficient (Wildman–Crippen LogP) is 4.80. The van der Waals surface area contributed by atoms with Gasteiger partial charge in [-0.15, -0.1) is 11.8 Å². The van der Waals surface area contributed by atoms with Gasteiger partial charge >= 0.3 is 6.09 Å². The van der Waals surface area contributed by atoms with Gasteiger partial charge in [-0.25, -0.2) is 4.79 Å². The Labute approximate surface area is 214 Å². The quantitative estimate of drug-likeness (QED) is 0.402. The number of rotatable bonds is 9. The molecule has 0 aromatic heterocycles. The number of hydrogen-bond donors (Lipinski definition) is 2. The molecule has 1 fully saturated rings. The Hall–Kier alpha value is -3.43. The van der Waals surface area contributed by atoms with Gasteiger partial charge in [0.1, 0.15) is 17.6 Å². The number of anilines is 2. The number of cyclic esters (lactones) is 1. The third kappa shape index (κ3) is 5.08. The molecule has 2 N–H and O–H groups in total. The van der Waals surface area contributed by atoms with Crippen LogP contribution in [0, 0.1) is 0 Å². The lowest BCUT2D eigenvalue weighted by atomic mass is 10.0. The van der Waals surface area contributed by atoms with E-state index < -0.39 is 0 Å². The number of carbonyl (C=O) groups is 2. The van der Waals surface area contributed by atoms with Gasteiger partial charge in [-0.05, 0) is 72.8 Å². The van der Waals surface area contributed by atoms with Gasteiger partial charge in [-0.3, -0.25) is 9.69 Å². The molecule has 0 spiro atoms. The van der Waals surface area contributed by atoms with Crippen molar-refractivity contribution < 1.29 is 23.8 Å². The summed E-state index contributed by atoms with van der Waals surface area (Å²) in [6.07, 6.45) is 1.14. The number of amides is 2. The smallest absolute Gasteiger partial charge is 0.414 e. The monoisotopic (exact) mass is 507 g/mol. The fraction of sp³-hybridized carbons (Fsp3) is 0.333. The number of nitrogens with one attached hydrogen (secondary N) is 2. The van der Waals surface area contributed by atoms with Crippen LogP contribution in [0.3, 0.4) is 0 Å². The lowest BCUT2D eigenvalue weighted by Gasteiger charge is -2.20. The predicted molar refractivity (Wildman–Crippen MR) is 141 cm³/mol. The van der Waals surface area contributed by atoms with Crippen LogP contribution in [0.2, 0.25) is 0 Å². The molecule has 3 aromatic rings. The summed E-state index contributed by atoms with van der Waals surface area (Å²) in [7, 11) is 3.34. The Kier molecular flexibility index (Phi) is 7.20. The van der Waals surface area contributed by atoms with Crippen LogP contribution in [-0.4, -0.2) is 51.2 Å². The van der Waals surface area contributed by atoms with Gasteiger partial charge in [0.2, 0.25) is 5.91 Å². The van der Waals surface area contributed by atoms with Gasteiger partial charge in [-0.1, -0.05) is 6.07 Å². The maximum absolute atomic E-state index is 12.5. The molecule has 36 heavy (non-hydrogen) atoms. The molecule has 188 valence electrons. The highest BCUT2D eigenvalue weighted by molar-refractivity contribution is 8.00. The first kappa shape index (κ1) is 24.3. The van der Waals surface area contributed by atoms with Crippen LogP contribution in [0.5, 0.6) is 11.5 Å². The number of fused-ring (bicyclic) bond motifs is 2. The van der Waals surface area contributed by atoms with Crippen molar-refractivity contribution >= 4 is 45.9 Å². The summed E-state index contributed by atoms with van der Waals surface area (Å²) in [6.45, 7) is 2.01. The van der Waals surface area contributed by atoms with E-state index in [1.807, 2.05) is 42.5 Å². The van der Waals surface area contributed by atoms with E-state index in [9.17, 15) is 9.59 Å². The molecule has 0 bridgehead atoms. The summed E-state index contributed by atoms with van der Waals surface area (Å²) < 4.78 is 16.5. The van der Waals surface area contributed by atoms with E-state index in [1.54, 1.807) is 19.1 Å². The number of ether oxygens (including phenoxy) is 3. The summed E-state index contributed by atoms with van der Waals surface area (Å²) in [5.41, 5.74) is 2.66. The van der Waals surface area contributed by atoms with E-state index >= 15 is 0 Å². The molecular formula is C27H29N3O5S. The molecule has 0 unspecified atom stereocenters. The molecule has 9 heteroatoms. The summed E-state index contributed by atoms with van der Waals surface area (Å²) in [5, 5.41) is 8.53. The van der Waals surface area contributed by atoms with Crippen molar-refractivity contribution in [1.82, 2.24) is 5.32 Å². The van der Waals surface area contributed by atoms with Crippen LogP contribution in [-0.2, 0) is 16.1 Å². The average molecular weight is 508 g/mol. The summed E-state index contributed by atoms with van der Waals surface area (Å²) in [5.74, 6) is 2.03. The molecule has 0 aliphatic carbocycles. The number of benzene rings is 3. The van der Waals surface area contributed by atoms with Crippen LogP contribution in [0.15, 0.2) is 53.4 Å². The van der Waals surface area contributed by atoms with Gasteiger partial charge in [0.25, 0.3) is 0 Å². The average Bonchev–Trinajstić information content (AvgIpc) is 3.27. The van der Waals surface area contributed by atoms with E-state index in [2.05, 4.69) is 16.7 Å². The standard InChI is InChI=1S/C27H29N3O5S/c1-33-19-7-8-21-22(13-19)17(5-9-24(21)34-2)14-28-11-3-4-20-15-30(27(32)35-20)18-6-10-25-23(12-18)29-26(31)16-36-25/h5-10,12-13,20,28H,3-4,11,14-16H2,1-2H3,(H,29,31)/t20-/m0/s1. The van der Waals surface area contributed by atoms with Gasteiger partial charge in [0.15, 0.2) is 0 Å². The Morgan fingerprint density at radius 1 is 1.08 bits per heavy atom. The highest BCUT2D eigenvalue weighted by Gasteiger charge is 2.32.